The van der Waals surface area contributed by atoms with Gasteiger partial charge in [-0.2, -0.15) is 0 Å². The lowest BCUT2D eigenvalue weighted by Gasteiger charge is -2.30. The van der Waals surface area contributed by atoms with Crippen LogP contribution >= 0.6 is 11.3 Å². The van der Waals surface area contributed by atoms with E-state index in [9.17, 15) is 0 Å². The molecule has 0 bridgehead atoms. The maximum atomic E-state index is 2.53. The van der Waals surface area contributed by atoms with Crippen molar-refractivity contribution in [2.45, 2.75) is 57.3 Å². The fraction of sp³-hybridized carbons (Fsp3) is 0.148. The largest absolute Gasteiger partial charge is 0.310 e. The molecule has 0 radical (unpaired) electrons. The van der Waals surface area contributed by atoms with Gasteiger partial charge in [0.2, 0.25) is 0 Å². The Morgan fingerprint density at radius 2 is 1.05 bits per heavy atom. The zero-order chi connectivity index (χ0) is 42.1. The molecule has 2 aliphatic rings. The number of hydrogen-bond donors (Lipinski definition) is 0. The van der Waals surface area contributed by atoms with Crippen molar-refractivity contribution in [2.24, 2.45) is 0 Å². The van der Waals surface area contributed by atoms with Crippen LogP contribution in [0.25, 0.3) is 75.5 Å². The zero-order valence-corrected chi connectivity index (χ0v) is 36.8. The predicted octanol–water partition coefficient (Wildman–Crippen LogP) is 18.0. The van der Waals surface area contributed by atoms with Gasteiger partial charge < -0.3 is 4.90 Å². The number of rotatable bonds is 7. The molecule has 0 amide bonds. The molecule has 0 spiro atoms. The van der Waals surface area contributed by atoms with E-state index >= 15 is 0 Å². The summed E-state index contributed by atoms with van der Waals surface area (Å²) in [6, 6.07) is 73.1. The highest BCUT2D eigenvalue weighted by Gasteiger charge is 2.37. The molecule has 304 valence electrons. The van der Waals surface area contributed by atoms with Crippen molar-refractivity contribution in [3.05, 3.63) is 211 Å². The van der Waals surface area contributed by atoms with Crippen LogP contribution in [0.3, 0.4) is 0 Å². The molecule has 63 heavy (non-hydrogen) atoms. The first-order valence-corrected chi connectivity index (χ1v) is 23.6. The molecule has 0 saturated heterocycles. The molecule has 0 N–H and O–H groups in total. The average molecular weight is 828 g/mol. The van der Waals surface area contributed by atoms with Gasteiger partial charge in [-0.25, -0.2) is 0 Å². The van der Waals surface area contributed by atoms with Gasteiger partial charge in [-0.1, -0.05) is 185 Å². The molecule has 12 rings (SSSR count). The van der Waals surface area contributed by atoms with E-state index in [2.05, 4.69) is 213 Å². The van der Waals surface area contributed by atoms with Gasteiger partial charge in [0.05, 0.1) is 5.69 Å². The van der Waals surface area contributed by atoms with Gasteiger partial charge in [0.1, 0.15) is 0 Å². The molecular formula is C61H49NS. The monoisotopic (exact) mass is 827 g/mol. The summed E-state index contributed by atoms with van der Waals surface area (Å²) in [6.45, 7) is 4.78. The van der Waals surface area contributed by atoms with E-state index in [4.69, 9.17) is 0 Å². The minimum atomic E-state index is -0.129. The molecule has 1 heterocycles. The molecule has 10 aromatic rings. The van der Waals surface area contributed by atoms with Crippen molar-refractivity contribution in [3.63, 3.8) is 0 Å². The Hall–Kier alpha value is -6.74. The Bertz CT molecular complexity index is 3370. The van der Waals surface area contributed by atoms with Crippen LogP contribution < -0.4 is 4.90 Å². The molecule has 1 nitrogen and oxygen atoms in total. The van der Waals surface area contributed by atoms with Gasteiger partial charge in [-0.15, -0.1) is 11.3 Å². The highest BCUT2D eigenvalue weighted by atomic mass is 32.1. The van der Waals surface area contributed by atoms with Crippen LogP contribution in [0.4, 0.5) is 17.1 Å². The second kappa shape index (κ2) is 15.3. The third-order valence-corrected chi connectivity index (χ3v) is 15.4. The molecule has 2 aliphatic carbocycles. The first-order chi connectivity index (χ1) is 31.0. The van der Waals surface area contributed by atoms with Crippen LogP contribution in [0.2, 0.25) is 0 Å². The fourth-order valence-corrected chi connectivity index (χ4v) is 12.5. The van der Waals surface area contributed by atoms with E-state index in [1.807, 2.05) is 11.3 Å². The molecule has 2 heteroatoms. The van der Waals surface area contributed by atoms with Gasteiger partial charge >= 0.3 is 0 Å². The van der Waals surface area contributed by atoms with Crippen LogP contribution in [-0.2, 0) is 5.41 Å². The highest BCUT2D eigenvalue weighted by Crippen LogP contribution is 2.53. The van der Waals surface area contributed by atoms with Crippen LogP contribution in [0.15, 0.2) is 194 Å². The van der Waals surface area contributed by atoms with E-state index in [-0.39, 0.29) is 5.41 Å². The van der Waals surface area contributed by atoms with Gasteiger partial charge in [-0.3, -0.25) is 0 Å². The molecule has 0 atom stereocenters. The molecular weight excluding hydrogens is 779 g/mol. The van der Waals surface area contributed by atoms with Gasteiger partial charge in [0, 0.05) is 42.5 Å². The quantitative estimate of drug-likeness (QED) is 0.155. The van der Waals surface area contributed by atoms with E-state index < -0.39 is 0 Å². The number of benzene rings is 9. The third-order valence-electron chi connectivity index (χ3n) is 14.2. The summed E-state index contributed by atoms with van der Waals surface area (Å²) in [7, 11) is 0. The summed E-state index contributed by atoms with van der Waals surface area (Å²) in [4.78, 5) is 2.53. The Labute approximate surface area is 374 Å². The van der Waals surface area contributed by atoms with Crippen LogP contribution in [0, 0.1) is 0 Å². The zero-order valence-electron chi connectivity index (χ0n) is 35.9. The summed E-state index contributed by atoms with van der Waals surface area (Å²) in [6.07, 6.45) is 6.49. The summed E-state index contributed by atoms with van der Waals surface area (Å²) in [5.74, 6) is 0.583. The lowest BCUT2D eigenvalue weighted by Crippen LogP contribution is -2.16. The highest BCUT2D eigenvalue weighted by molar-refractivity contribution is 7.25. The van der Waals surface area contributed by atoms with Crippen molar-refractivity contribution in [3.8, 4) is 44.5 Å². The van der Waals surface area contributed by atoms with Gasteiger partial charge in [0.15, 0.2) is 0 Å². The lowest BCUT2D eigenvalue weighted by molar-refractivity contribution is 0.445. The van der Waals surface area contributed by atoms with E-state index in [1.54, 1.807) is 0 Å². The molecule has 1 fully saturated rings. The Morgan fingerprint density at radius 1 is 0.460 bits per heavy atom. The second-order valence-electron chi connectivity index (χ2n) is 18.2. The number of fused-ring (bicyclic) bond motifs is 7. The smallest absolute Gasteiger partial charge is 0.0540 e. The van der Waals surface area contributed by atoms with Crippen LogP contribution in [-0.4, -0.2) is 0 Å². The van der Waals surface area contributed by atoms with Crippen molar-refractivity contribution in [2.75, 3.05) is 4.90 Å². The van der Waals surface area contributed by atoms with Gasteiger partial charge in [-0.05, 0) is 128 Å². The van der Waals surface area contributed by atoms with Gasteiger partial charge in [0.25, 0.3) is 0 Å². The second-order valence-corrected chi connectivity index (χ2v) is 19.3. The molecule has 0 aliphatic heterocycles. The van der Waals surface area contributed by atoms with E-state index in [0.717, 1.165) is 11.4 Å². The summed E-state index contributed by atoms with van der Waals surface area (Å²) < 4.78 is 2.64. The molecule has 1 aromatic heterocycles. The van der Waals surface area contributed by atoms with E-state index in [1.165, 1.54) is 130 Å². The minimum Gasteiger partial charge on any atom is -0.310 e. The first kappa shape index (κ1) is 38.0. The van der Waals surface area contributed by atoms with Crippen LogP contribution in [0.5, 0.6) is 0 Å². The molecule has 0 unspecified atom stereocenters. The average Bonchev–Trinajstić information content (AvgIpc) is 3.84. The normalized spacial score (nSPS) is 14.6. The topological polar surface area (TPSA) is 3.24 Å². The number of anilines is 3. The van der Waals surface area contributed by atoms with Crippen molar-refractivity contribution < 1.29 is 0 Å². The predicted molar refractivity (Wildman–Crippen MR) is 271 cm³/mol. The molecule has 9 aromatic carbocycles. The Morgan fingerprint density at radius 3 is 1.87 bits per heavy atom. The number of para-hydroxylation sites is 1. The number of nitrogens with zero attached hydrogens (tertiary/aromatic N) is 1. The maximum absolute atomic E-state index is 2.53. The number of thiophene rings is 1. The Balaban J connectivity index is 1.08. The van der Waals surface area contributed by atoms with E-state index in [0.29, 0.717) is 5.92 Å². The standard InChI is InChI=1S/C61H49NS/c1-61(2)54-34-9-6-26-49(54)52-33-16-31-48(60(52)61)43-23-13-25-45(39-43)62(44-24-12-22-42(38-44)47-30-17-37-57-59(47)53-28-8-11-36-56(53)63-57)55-35-10-7-27-50(55)51-32-15-21-41-20-14-29-46(58(41)51)40-18-4-3-5-19-40/h6-17,20-40H,3-5,18-19H2,1-2H3. The first-order valence-electron chi connectivity index (χ1n) is 22.8. The maximum Gasteiger partial charge on any atom is 0.0540 e. The fourth-order valence-electron chi connectivity index (χ4n) is 11.4. The Kier molecular flexibility index (Phi) is 9.20. The van der Waals surface area contributed by atoms with Crippen LogP contribution in [0.1, 0.15) is 68.6 Å². The summed E-state index contributed by atoms with van der Waals surface area (Å²) >= 11 is 1.88. The van der Waals surface area contributed by atoms with Crippen molar-refractivity contribution in [1.29, 1.82) is 0 Å². The SMILES string of the molecule is CC1(C)c2ccccc2-c2cccc(-c3cccc(N(c4cccc(-c5cccc6sc7ccccc7c56)c4)c4ccccc4-c4cccc5cccc(C6CCCCC6)c45)c3)c21. The minimum absolute atomic E-state index is 0.129. The molecule has 1 saturated carbocycles. The van der Waals surface area contributed by atoms with Crippen molar-refractivity contribution >= 4 is 59.3 Å². The number of hydrogen-bond acceptors (Lipinski definition) is 2. The summed E-state index contributed by atoms with van der Waals surface area (Å²) in [5.41, 5.74) is 17.8. The lowest BCUT2D eigenvalue weighted by atomic mass is 9.79. The third kappa shape index (κ3) is 6.26. The summed E-state index contributed by atoms with van der Waals surface area (Å²) in [5, 5.41) is 5.37. The van der Waals surface area contributed by atoms with Crippen molar-refractivity contribution in [1.82, 2.24) is 0 Å².